The van der Waals surface area contributed by atoms with Gasteiger partial charge in [0.2, 0.25) is 11.4 Å². The number of hydrogen-bond acceptors (Lipinski definition) is 0. The van der Waals surface area contributed by atoms with Crippen molar-refractivity contribution in [3.63, 3.8) is 0 Å². The number of rotatable bonds is 0. The number of pyridine rings is 6. The van der Waals surface area contributed by atoms with E-state index in [1.165, 1.54) is 109 Å². The van der Waals surface area contributed by atoms with Crippen LogP contribution in [0.25, 0.3) is 33.9 Å². The van der Waals surface area contributed by atoms with Crippen molar-refractivity contribution in [1.82, 2.24) is 0 Å². The molecule has 6 nitrogen and oxygen atoms in total. The van der Waals surface area contributed by atoms with Gasteiger partial charge in [-0.2, -0.15) is 0 Å². The molecule has 12 unspecified atom stereocenters. The molecule has 9 aromatic rings. The van der Waals surface area contributed by atoms with Gasteiger partial charge >= 0.3 is 17.0 Å². The Morgan fingerprint density at radius 1 is 0.273 bits per heavy atom. The Hall–Kier alpha value is -7.44. The van der Waals surface area contributed by atoms with Crippen molar-refractivity contribution in [3.8, 4) is 33.9 Å². The lowest BCUT2D eigenvalue weighted by molar-refractivity contribution is -0.981. The standard InChI is InChI=1S/3C23H20N2.12C2H6/c1-3-12-24-19(8-1)17-7-5-6-15-14-16-10-11-18-20-9-2-4-13-25(20)23(24,21(15)17)22(16)18;1-2-8-19-17(7-1)21-10-5-6-16-14-15-11-12-18-20-9-3-4-13-24(20)23(19,22(15)18)25(16)21;1-2-8-19-17(7-1)18-12-11-15-14-16-6-5-10-21-20-9-3-4-13-24(20)23(19,22(15)18)25(16)21;12*1-2/h1-9,12-13,16,18,22H,10-11,14H2;2*1-10,13,15,18,22H,11-12,14H2;12*1-2H3/q3*+2;;;;;;;;;;;;. The van der Waals surface area contributed by atoms with E-state index in [1.807, 2.05) is 166 Å². The minimum absolute atomic E-state index is 0.0385. The highest BCUT2D eigenvalue weighted by molar-refractivity contribution is 5.69. The van der Waals surface area contributed by atoms with E-state index in [-0.39, 0.29) is 17.0 Å². The van der Waals surface area contributed by atoms with Crippen LogP contribution in [0.3, 0.4) is 0 Å². The van der Waals surface area contributed by atoms with E-state index in [0.717, 1.165) is 17.8 Å². The molecule has 12 atom stereocenters. The summed E-state index contributed by atoms with van der Waals surface area (Å²) in [7, 11) is 0. The first-order chi connectivity index (χ1) is 49.2. The van der Waals surface area contributed by atoms with Crippen molar-refractivity contribution in [2.45, 2.75) is 259 Å². The van der Waals surface area contributed by atoms with Crippen LogP contribution in [-0.2, 0) is 36.3 Å². The lowest BCUT2D eigenvalue weighted by Crippen LogP contribution is -2.77. The first kappa shape index (κ1) is 78.9. The van der Waals surface area contributed by atoms with Gasteiger partial charge in [-0.3, -0.25) is 0 Å². The third-order valence-electron chi connectivity index (χ3n) is 22.2. The van der Waals surface area contributed by atoms with Crippen LogP contribution < -0.4 is 27.4 Å². The second-order valence-corrected chi connectivity index (χ2v) is 24.6. The Kier molecular flexibility index (Phi) is 28.5. The van der Waals surface area contributed by atoms with E-state index in [9.17, 15) is 0 Å². The average molecular weight is 1330 g/mol. The molecule has 21 rings (SSSR count). The molecule has 3 saturated carbocycles. The zero-order valence-corrected chi connectivity index (χ0v) is 66.3. The first-order valence-electron chi connectivity index (χ1n) is 40.7. The van der Waals surface area contributed by atoms with E-state index >= 15 is 0 Å². The molecule has 7 aliphatic heterocycles. The minimum atomic E-state index is -0.0385. The molecule has 0 saturated heterocycles. The lowest BCUT2D eigenvalue weighted by Gasteiger charge is -2.32. The summed E-state index contributed by atoms with van der Waals surface area (Å²) in [6.45, 7) is 48.0. The number of aromatic nitrogens is 6. The van der Waals surface area contributed by atoms with Crippen molar-refractivity contribution >= 4 is 0 Å². The molecular formula is C93H132N6+6. The SMILES string of the molecule is CC.CC.CC.CC.CC.CC.CC.CC.CC.CC.CC.CC.c1cc2c3c(c1)-c1cccc[n+]1C31C3C(CCC3c3cccc[n+]31)C2.c1ccc2c(c1)-c1cccc3[n+]1C21C2C(CCC2c2cccc[n+]21)C3.c1ccc2c(c1)C1CCC3Cc4cccc5[n+]4C2(C31)[n+]1ccccc1-5. The highest BCUT2D eigenvalue weighted by Crippen LogP contribution is 2.64. The van der Waals surface area contributed by atoms with Crippen LogP contribution in [0.1, 0.15) is 273 Å². The van der Waals surface area contributed by atoms with Crippen LogP contribution >= 0.6 is 0 Å². The molecule has 3 spiro atoms. The van der Waals surface area contributed by atoms with Crippen molar-refractivity contribution in [2.75, 3.05) is 0 Å². The molecule has 6 heteroatoms. The second kappa shape index (κ2) is 35.7. The molecule has 5 aliphatic carbocycles. The summed E-state index contributed by atoms with van der Waals surface area (Å²) >= 11 is 0. The van der Waals surface area contributed by atoms with Gasteiger partial charge in [-0.05, 0) is 122 Å². The summed E-state index contributed by atoms with van der Waals surface area (Å²) in [5, 5.41) is 0. The van der Waals surface area contributed by atoms with E-state index in [2.05, 4.69) is 228 Å². The monoisotopic (exact) mass is 1330 g/mol. The smallest absolute Gasteiger partial charge is 0.134 e. The molecule has 3 fully saturated rings. The van der Waals surface area contributed by atoms with E-state index in [1.54, 1.807) is 33.6 Å². The minimum Gasteiger partial charge on any atom is -0.134 e. The summed E-state index contributed by atoms with van der Waals surface area (Å²) in [5.74, 6) is 6.58. The molecule has 528 valence electrons. The zero-order valence-electron chi connectivity index (χ0n) is 66.3. The normalized spacial score (nSPS) is 25.0. The Labute approximate surface area is 603 Å². The van der Waals surface area contributed by atoms with Crippen LogP contribution in [0.2, 0.25) is 0 Å². The van der Waals surface area contributed by atoms with Crippen molar-refractivity contribution in [1.29, 1.82) is 0 Å². The molecule has 6 aromatic heterocycles. The van der Waals surface area contributed by atoms with Crippen LogP contribution in [0.4, 0.5) is 0 Å². The molecule has 99 heavy (non-hydrogen) atoms. The fourth-order valence-corrected chi connectivity index (χ4v) is 20.4. The maximum atomic E-state index is 2.70. The largest absolute Gasteiger partial charge is 0.393 e. The Bertz CT molecular complexity index is 3620. The van der Waals surface area contributed by atoms with Gasteiger partial charge in [-0.25, -0.2) is 0 Å². The van der Waals surface area contributed by atoms with Gasteiger partial charge in [0.05, 0.1) is 28.5 Å². The van der Waals surface area contributed by atoms with Gasteiger partial charge < -0.3 is 0 Å². The topological polar surface area (TPSA) is 23.3 Å². The van der Waals surface area contributed by atoms with Crippen LogP contribution in [0, 0.1) is 35.5 Å². The maximum absolute atomic E-state index is 2.70. The molecule has 12 aliphatic rings. The third-order valence-corrected chi connectivity index (χ3v) is 22.2. The number of nitrogens with zero attached hydrogens (tertiary/aromatic N) is 6. The van der Waals surface area contributed by atoms with E-state index in [0.29, 0.717) is 35.5 Å². The first-order valence-corrected chi connectivity index (χ1v) is 40.7. The van der Waals surface area contributed by atoms with Gasteiger partial charge in [0.1, 0.15) is 28.9 Å². The molecule has 0 radical (unpaired) electrons. The highest BCUT2D eigenvalue weighted by atomic mass is 15.4. The van der Waals surface area contributed by atoms with E-state index in [4.69, 9.17) is 0 Å². The quantitative estimate of drug-likeness (QED) is 0.135. The lowest BCUT2D eigenvalue weighted by atomic mass is 9.69. The predicted molar refractivity (Wildman–Crippen MR) is 418 cm³/mol. The maximum Gasteiger partial charge on any atom is 0.393 e. The van der Waals surface area contributed by atoms with Crippen molar-refractivity contribution in [3.05, 3.63) is 251 Å². The predicted octanol–water partition coefficient (Wildman–Crippen LogP) is 21.8. The Balaban J connectivity index is 0.000000181. The Morgan fingerprint density at radius 2 is 0.646 bits per heavy atom. The van der Waals surface area contributed by atoms with Gasteiger partial charge in [-0.15, -0.1) is 27.4 Å². The molecule has 0 bridgehead atoms. The van der Waals surface area contributed by atoms with Crippen LogP contribution in [0.5, 0.6) is 0 Å². The fraction of sp³-hybridized carbons (Fsp3) is 0.484. The fourth-order valence-electron chi connectivity index (χ4n) is 20.4. The van der Waals surface area contributed by atoms with Crippen LogP contribution in [0.15, 0.2) is 201 Å². The second-order valence-electron chi connectivity index (χ2n) is 24.6. The molecule has 13 heterocycles. The zero-order chi connectivity index (χ0) is 72.5. The molecular weight excluding hydrogens is 1200 g/mol. The van der Waals surface area contributed by atoms with Gasteiger partial charge in [0, 0.05) is 91.6 Å². The summed E-state index contributed by atoms with van der Waals surface area (Å²) < 4.78 is 15.9. The molecule has 3 aromatic carbocycles. The summed E-state index contributed by atoms with van der Waals surface area (Å²) in [6.07, 6.45) is 21.2. The van der Waals surface area contributed by atoms with Gasteiger partial charge in [0.25, 0.3) is 11.4 Å². The summed E-state index contributed by atoms with van der Waals surface area (Å²) in [6, 6.07) is 66.3. The number of hydrogen-bond donors (Lipinski definition) is 0. The van der Waals surface area contributed by atoms with Crippen molar-refractivity contribution in [2.24, 2.45) is 35.5 Å². The molecule has 0 N–H and O–H groups in total. The van der Waals surface area contributed by atoms with E-state index < -0.39 is 0 Å². The summed E-state index contributed by atoms with van der Waals surface area (Å²) in [4.78, 5) is 0. The highest BCUT2D eigenvalue weighted by Gasteiger charge is 2.80. The average Bonchev–Trinajstić information content (AvgIpc) is 1.51. The third kappa shape index (κ3) is 11.6. The van der Waals surface area contributed by atoms with Gasteiger partial charge in [0.15, 0.2) is 47.6 Å². The summed E-state index contributed by atoms with van der Waals surface area (Å²) in [5.41, 5.74) is 22.3. The van der Waals surface area contributed by atoms with Crippen LogP contribution in [-0.4, -0.2) is 0 Å². The Morgan fingerprint density at radius 3 is 1.21 bits per heavy atom. The van der Waals surface area contributed by atoms with Gasteiger partial charge in [-0.1, -0.05) is 221 Å². The number of fused-ring (bicyclic) bond motifs is 12. The number of benzene rings is 3. The molecule has 0 amide bonds. The van der Waals surface area contributed by atoms with Crippen molar-refractivity contribution < 1.29 is 27.4 Å².